The van der Waals surface area contributed by atoms with Crippen molar-refractivity contribution in [2.75, 3.05) is 13.7 Å². The van der Waals surface area contributed by atoms with Crippen LogP contribution >= 0.6 is 11.6 Å². The fourth-order valence-corrected chi connectivity index (χ4v) is 2.80. The molecule has 1 aliphatic heterocycles. The van der Waals surface area contributed by atoms with Crippen molar-refractivity contribution >= 4 is 17.7 Å². The van der Waals surface area contributed by atoms with Crippen molar-refractivity contribution in [2.45, 2.75) is 19.0 Å². The summed E-state index contributed by atoms with van der Waals surface area (Å²) in [4.78, 5) is 13.8. The predicted octanol–water partition coefficient (Wildman–Crippen LogP) is 3.91. The van der Waals surface area contributed by atoms with Crippen molar-refractivity contribution in [2.24, 2.45) is 0 Å². The number of hydrogen-bond acceptors (Lipinski definition) is 3. The number of rotatable bonds is 5. The maximum Gasteiger partial charge on any atom is 0.410 e. The third-order valence-corrected chi connectivity index (χ3v) is 4.22. The zero-order chi connectivity index (χ0) is 16.2. The van der Waals surface area contributed by atoms with Crippen LogP contribution in [0.2, 0.25) is 5.02 Å². The van der Waals surface area contributed by atoms with E-state index in [0.29, 0.717) is 18.2 Å². The molecule has 1 heterocycles. The molecule has 23 heavy (non-hydrogen) atoms. The summed E-state index contributed by atoms with van der Waals surface area (Å²) < 4.78 is 10.4. The highest BCUT2D eigenvalue weighted by Crippen LogP contribution is 2.22. The molecule has 1 aliphatic rings. The molecule has 4 nitrogen and oxygen atoms in total. The van der Waals surface area contributed by atoms with Crippen molar-refractivity contribution in [3.63, 3.8) is 0 Å². The molecule has 0 saturated carbocycles. The summed E-state index contributed by atoms with van der Waals surface area (Å²) in [5.74, 6) is 0.825. The van der Waals surface area contributed by atoms with E-state index in [9.17, 15) is 4.79 Å². The van der Waals surface area contributed by atoms with Crippen molar-refractivity contribution < 1.29 is 14.3 Å². The van der Waals surface area contributed by atoms with Crippen LogP contribution in [0.3, 0.4) is 0 Å². The van der Waals surface area contributed by atoms with Gasteiger partial charge in [0.05, 0.1) is 13.2 Å². The first-order chi connectivity index (χ1) is 11.2. The van der Waals surface area contributed by atoms with Gasteiger partial charge in [0.1, 0.15) is 12.4 Å². The molecule has 5 heteroatoms. The molecule has 0 bridgehead atoms. The molecule has 1 unspecified atom stereocenters. The number of ether oxygens (including phenoxy) is 2. The van der Waals surface area contributed by atoms with Crippen LogP contribution in [0.4, 0.5) is 4.79 Å². The first-order valence-electron chi connectivity index (χ1n) is 7.46. The van der Waals surface area contributed by atoms with Gasteiger partial charge in [-0.2, -0.15) is 0 Å². The Hall–Kier alpha value is -2.20. The number of methoxy groups -OCH3 is 1. The first kappa shape index (κ1) is 15.7. The molecule has 1 atom stereocenters. The maximum atomic E-state index is 12.0. The van der Waals surface area contributed by atoms with Crippen LogP contribution < -0.4 is 4.74 Å². The Kier molecular flexibility index (Phi) is 4.72. The van der Waals surface area contributed by atoms with Gasteiger partial charge in [-0.1, -0.05) is 35.9 Å². The molecule has 1 amide bonds. The summed E-state index contributed by atoms with van der Waals surface area (Å²) >= 11 is 5.90. The molecule has 0 radical (unpaired) electrons. The molecular formula is C18H18ClNO3. The van der Waals surface area contributed by atoms with Gasteiger partial charge in [-0.25, -0.2) is 4.79 Å². The Balaban J connectivity index is 1.69. The third-order valence-electron chi connectivity index (χ3n) is 3.97. The van der Waals surface area contributed by atoms with E-state index in [1.165, 1.54) is 0 Å². The van der Waals surface area contributed by atoms with Gasteiger partial charge in [-0.15, -0.1) is 0 Å². The number of hydrogen-bond donors (Lipinski definition) is 0. The van der Waals surface area contributed by atoms with Gasteiger partial charge in [0.2, 0.25) is 0 Å². The lowest BCUT2D eigenvalue weighted by Crippen LogP contribution is -2.34. The summed E-state index contributed by atoms with van der Waals surface area (Å²) in [5.41, 5.74) is 2.18. The van der Waals surface area contributed by atoms with E-state index >= 15 is 0 Å². The van der Waals surface area contributed by atoms with Crippen molar-refractivity contribution in [1.29, 1.82) is 0 Å². The maximum absolute atomic E-state index is 12.0. The highest BCUT2D eigenvalue weighted by Gasteiger charge is 2.32. The van der Waals surface area contributed by atoms with Crippen LogP contribution in [0.25, 0.3) is 0 Å². The van der Waals surface area contributed by atoms with Gasteiger partial charge in [-0.3, -0.25) is 4.90 Å². The standard InChI is InChI=1S/C18H18ClNO3/c1-22-17-8-4-13(5-9-17)10-16-12-23-18(21)20(16)11-14-2-6-15(19)7-3-14/h2-9,16H,10-12H2,1H3. The Bertz CT molecular complexity index is 670. The van der Waals surface area contributed by atoms with Crippen molar-refractivity contribution in [1.82, 2.24) is 4.90 Å². The normalized spacial score (nSPS) is 17.2. The molecule has 0 spiro atoms. The van der Waals surface area contributed by atoms with E-state index in [4.69, 9.17) is 21.1 Å². The second kappa shape index (κ2) is 6.92. The van der Waals surface area contributed by atoms with E-state index in [2.05, 4.69) is 0 Å². The molecule has 0 N–H and O–H groups in total. The molecule has 2 aromatic rings. The number of benzene rings is 2. The number of carbonyl (C=O) groups is 1. The fraction of sp³-hybridized carbons (Fsp3) is 0.278. The molecular weight excluding hydrogens is 314 g/mol. The molecule has 1 fully saturated rings. The lowest BCUT2D eigenvalue weighted by molar-refractivity contribution is 0.156. The monoisotopic (exact) mass is 331 g/mol. The topological polar surface area (TPSA) is 38.8 Å². The third kappa shape index (κ3) is 3.77. The van der Waals surface area contributed by atoms with Gasteiger partial charge in [0, 0.05) is 11.6 Å². The summed E-state index contributed by atoms with van der Waals surface area (Å²) in [6, 6.07) is 15.4. The summed E-state index contributed by atoms with van der Waals surface area (Å²) in [7, 11) is 1.65. The van der Waals surface area contributed by atoms with Gasteiger partial charge in [0.15, 0.2) is 0 Å². The average Bonchev–Trinajstić information content (AvgIpc) is 2.91. The lowest BCUT2D eigenvalue weighted by atomic mass is 10.1. The molecule has 0 aromatic heterocycles. The number of nitrogens with zero attached hydrogens (tertiary/aromatic N) is 1. The van der Waals surface area contributed by atoms with Crippen LogP contribution in [0.15, 0.2) is 48.5 Å². The number of carbonyl (C=O) groups excluding carboxylic acids is 1. The van der Waals surface area contributed by atoms with Gasteiger partial charge in [0.25, 0.3) is 0 Å². The number of halogens is 1. The van der Waals surface area contributed by atoms with Crippen LogP contribution in [0.5, 0.6) is 5.75 Å². The van der Waals surface area contributed by atoms with E-state index < -0.39 is 0 Å². The minimum Gasteiger partial charge on any atom is -0.497 e. The van der Waals surface area contributed by atoms with E-state index in [-0.39, 0.29) is 12.1 Å². The molecule has 3 rings (SSSR count). The largest absolute Gasteiger partial charge is 0.497 e. The van der Waals surface area contributed by atoms with Gasteiger partial charge in [-0.05, 0) is 41.8 Å². The lowest BCUT2D eigenvalue weighted by Gasteiger charge is -2.21. The Labute approximate surface area is 140 Å². The Morgan fingerprint density at radius 1 is 1.13 bits per heavy atom. The van der Waals surface area contributed by atoms with Crippen molar-refractivity contribution in [3.8, 4) is 5.75 Å². The highest BCUT2D eigenvalue weighted by atomic mass is 35.5. The molecule has 1 saturated heterocycles. The minimum absolute atomic E-state index is 0.0339. The zero-order valence-corrected chi connectivity index (χ0v) is 13.6. The van der Waals surface area contributed by atoms with Crippen molar-refractivity contribution in [3.05, 3.63) is 64.7 Å². The summed E-state index contributed by atoms with van der Waals surface area (Å²) in [6.45, 7) is 0.940. The van der Waals surface area contributed by atoms with Gasteiger partial charge >= 0.3 is 6.09 Å². The Morgan fingerprint density at radius 2 is 1.78 bits per heavy atom. The highest BCUT2D eigenvalue weighted by molar-refractivity contribution is 6.30. The fourth-order valence-electron chi connectivity index (χ4n) is 2.67. The smallest absolute Gasteiger partial charge is 0.410 e. The van der Waals surface area contributed by atoms with E-state index in [1.807, 2.05) is 48.5 Å². The SMILES string of the molecule is COc1ccc(CC2COC(=O)N2Cc2ccc(Cl)cc2)cc1. The van der Waals surface area contributed by atoms with E-state index in [1.54, 1.807) is 12.0 Å². The molecule has 120 valence electrons. The van der Waals surface area contributed by atoms with Crippen LogP contribution in [-0.4, -0.2) is 30.8 Å². The molecule has 2 aromatic carbocycles. The quantitative estimate of drug-likeness (QED) is 0.833. The Morgan fingerprint density at radius 3 is 2.43 bits per heavy atom. The zero-order valence-electron chi connectivity index (χ0n) is 12.9. The van der Waals surface area contributed by atoms with Crippen LogP contribution in [0, 0.1) is 0 Å². The number of cyclic esters (lactones) is 1. The second-order valence-electron chi connectivity index (χ2n) is 5.54. The summed E-state index contributed by atoms with van der Waals surface area (Å²) in [5, 5.41) is 0.688. The average molecular weight is 332 g/mol. The minimum atomic E-state index is -0.265. The predicted molar refractivity (Wildman–Crippen MR) is 88.8 cm³/mol. The van der Waals surface area contributed by atoms with Crippen LogP contribution in [-0.2, 0) is 17.7 Å². The second-order valence-corrected chi connectivity index (χ2v) is 5.97. The van der Waals surface area contributed by atoms with E-state index in [0.717, 1.165) is 23.3 Å². The summed E-state index contributed by atoms with van der Waals surface area (Å²) in [6.07, 6.45) is 0.488. The van der Waals surface area contributed by atoms with Crippen LogP contribution in [0.1, 0.15) is 11.1 Å². The first-order valence-corrected chi connectivity index (χ1v) is 7.84. The van der Waals surface area contributed by atoms with Gasteiger partial charge < -0.3 is 9.47 Å². The molecule has 0 aliphatic carbocycles. The number of amides is 1.